The number of carbonyl (C=O) groups excluding carboxylic acids is 1. The number of hydrogen-bond acceptors (Lipinski definition) is 7. The van der Waals surface area contributed by atoms with E-state index < -0.39 is 51.1 Å². The Bertz CT molecular complexity index is 1450. The van der Waals surface area contributed by atoms with Gasteiger partial charge in [-0.15, -0.1) is 23.4 Å². The first kappa shape index (κ1) is 27.7. The number of benzene rings is 2. The normalized spacial score (nSPS) is 13.4. The number of nitrogens with one attached hydrogen (secondary N) is 1. The lowest BCUT2D eigenvalue weighted by Gasteiger charge is -2.15. The molecule has 1 heterocycles. The van der Waals surface area contributed by atoms with Crippen molar-refractivity contribution in [3.63, 3.8) is 0 Å². The first-order valence-corrected chi connectivity index (χ1v) is 12.0. The number of carbonyl (C=O) groups is 1. The number of hydrogen-bond donors (Lipinski definition) is 1. The molecule has 0 aliphatic rings. The molecule has 2 aromatic carbocycles. The Hall–Kier alpha value is -3.88. The van der Waals surface area contributed by atoms with Crippen LogP contribution >= 0.6 is 0 Å². The van der Waals surface area contributed by atoms with E-state index in [9.17, 15) is 35.3 Å². The maximum atomic E-state index is 13.3. The average Bonchev–Trinajstić information content (AvgIpc) is 2.79. The topological polar surface area (TPSA) is 103 Å². The summed E-state index contributed by atoms with van der Waals surface area (Å²) in [6.07, 6.45) is -8.51. The fourth-order valence-electron chi connectivity index (χ4n) is 2.91. The van der Waals surface area contributed by atoms with Crippen LogP contribution in [0.15, 0.2) is 57.8 Å². The summed E-state index contributed by atoms with van der Waals surface area (Å²) >= 11 is 0. The van der Waals surface area contributed by atoms with E-state index in [1.54, 1.807) is 0 Å². The summed E-state index contributed by atoms with van der Waals surface area (Å²) < 4.78 is 103. The van der Waals surface area contributed by atoms with Crippen molar-refractivity contribution in [1.29, 1.82) is 0 Å². The highest BCUT2D eigenvalue weighted by atomic mass is 32.2. The van der Waals surface area contributed by atoms with Gasteiger partial charge in [0.1, 0.15) is 17.1 Å². The molecular weight excluding hydrogens is 530 g/mol. The SMILES string of the molecule is CN=S(C)(=O)c1cccc(NC(=O)c2cc(C(F)(F)F)nnc2Oc2ccc(OC(F)(F)F)cc2C)c1. The summed E-state index contributed by atoms with van der Waals surface area (Å²) in [6.45, 7) is 1.35. The predicted octanol–water partition coefficient (Wildman–Crippen LogP) is 5.83. The molecule has 0 bridgehead atoms. The third-order valence-electron chi connectivity index (χ3n) is 4.76. The van der Waals surface area contributed by atoms with E-state index in [2.05, 4.69) is 24.6 Å². The lowest BCUT2D eigenvalue weighted by molar-refractivity contribution is -0.274. The van der Waals surface area contributed by atoms with Crippen molar-refractivity contribution < 1.29 is 44.8 Å². The molecule has 15 heteroatoms. The van der Waals surface area contributed by atoms with Crippen LogP contribution in [0.3, 0.4) is 0 Å². The van der Waals surface area contributed by atoms with E-state index in [1.165, 1.54) is 44.5 Å². The molecule has 1 atom stereocenters. The van der Waals surface area contributed by atoms with Gasteiger partial charge in [-0.25, -0.2) is 8.57 Å². The van der Waals surface area contributed by atoms with Gasteiger partial charge in [-0.05, 0) is 55.0 Å². The lowest BCUT2D eigenvalue weighted by atomic mass is 10.2. The van der Waals surface area contributed by atoms with Crippen LogP contribution in [0.4, 0.5) is 32.0 Å². The van der Waals surface area contributed by atoms with Crippen molar-refractivity contribution in [3.05, 3.63) is 65.4 Å². The van der Waals surface area contributed by atoms with Crippen LogP contribution in [0.1, 0.15) is 21.6 Å². The second kappa shape index (κ2) is 10.2. The van der Waals surface area contributed by atoms with Gasteiger partial charge in [-0.2, -0.15) is 13.2 Å². The molecule has 1 aromatic heterocycles. The van der Waals surface area contributed by atoms with E-state index >= 15 is 0 Å². The minimum absolute atomic E-state index is 0.0990. The molecule has 8 nitrogen and oxygen atoms in total. The molecule has 0 spiro atoms. The van der Waals surface area contributed by atoms with Crippen LogP contribution in [-0.2, 0) is 15.9 Å². The van der Waals surface area contributed by atoms with E-state index in [4.69, 9.17) is 4.74 Å². The molecule has 0 radical (unpaired) electrons. The standard InChI is InChI=1S/C22H18F6N4O4S/c1-12-9-14(36-22(26,27)28)7-8-17(12)35-20-16(11-18(31-32-20)21(23,24)25)19(33)30-13-5-4-6-15(10-13)37(3,34)29-2/h4-11H,1-3H3,(H,30,33). The first-order chi connectivity index (χ1) is 17.1. The molecule has 1 unspecified atom stereocenters. The van der Waals surface area contributed by atoms with Crippen molar-refractivity contribution in [3.8, 4) is 17.4 Å². The Balaban J connectivity index is 1.98. The monoisotopic (exact) mass is 548 g/mol. The Morgan fingerprint density at radius 1 is 1.03 bits per heavy atom. The van der Waals surface area contributed by atoms with Gasteiger partial charge in [0.15, 0.2) is 5.69 Å². The number of ether oxygens (including phenoxy) is 2. The van der Waals surface area contributed by atoms with Crippen LogP contribution < -0.4 is 14.8 Å². The number of aromatic nitrogens is 2. The summed E-state index contributed by atoms with van der Waals surface area (Å²) in [7, 11) is -1.42. The summed E-state index contributed by atoms with van der Waals surface area (Å²) in [4.78, 5) is 13.2. The van der Waals surface area contributed by atoms with Gasteiger partial charge in [0.25, 0.3) is 11.8 Å². The predicted molar refractivity (Wildman–Crippen MR) is 120 cm³/mol. The quantitative estimate of drug-likeness (QED) is 0.389. The van der Waals surface area contributed by atoms with Gasteiger partial charge < -0.3 is 14.8 Å². The first-order valence-electron chi connectivity index (χ1n) is 10.1. The van der Waals surface area contributed by atoms with E-state index in [1.807, 2.05) is 0 Å². The number of nitrogens with zero attached hydrogens (tertiary/aromatic N) is 3. The molecule has 0 aliphatic carbocycles. The molecule has 1 N–H and O–H groups in total. The van der Waals surface area contributed by atoms with Gasteiger partial charge >= 0.3 is 12.5 Å². The zero-order valence-corrected chi connectivity index (χ0v) is 20.1. The summed E-state index contributed by atoms with van der Waals surface area (Å²) in [5.41, 5.74) is -1.95. The summed E-state index contributed by atoms with van der Waals surface area (Å²) in [5, 5.41) is 8.80. The molecule has 0 saturated carbocycles. The van der Waals surface area contributed by atoms with E-state index in [-0.39, 0.29) is 21.9 Å². The maximum absolute atomic E-state index is 13.3. The number of alkyl halides is 6. The second-order valence-corrected chi connectivity index (χ2v) is 9.93. The van der Waals surface area contributed by atoms with Gasteiger partial charge in [0.05, 0.1) is 9.73 Å². The molecule has 0 saturated heterocycles. The number of halogens is 6. The van der Waals surface area contributed by atoms with Crippen LogP contribution in [0, 0.1) is 6.92 Å². The molecule has 1 amide bonds. The summed E-state index contributed by atoms with van der Waals surface area (Å²) in [5.74, 6) is -2.38. The van der Waals surface area contributed by atoms with Gasteiger partial charge in [0, 0.05) is 23.9 Å². The van der Waals surface area contributed by atoms with Crippen molar-refractivity contribution in [2.45, 2.75) is 24.4 Å². The minimum atomic E-state index is -4.94. The fourth-order valence-corrected chi connectivity index (χ4v) is 3.80. The smallest absolute Gasteiger partial charge is 0.437 e. The molecule has 0 fully saturated rings. The number of aryl methyl sites for hydroxylation is 1. The van der Waals surface area contributed by atoms with Crippen molar-refractivity contribution in [1.82, 2.24) is 10.2 Å². The number of rotatable bonds is 6. The number of amides is 1. The zero-order chi connectivity index (χ0) is 27.6. The van der Waals surface area contributed by atoms with Crippen molar-refractivity contribution in [2.24, 2.45) is 4.36 Å². The largest absolute Gasteiger partial charge is 0.573 e. The van der Waals surface area contributed by atoms with Crippen molar-refractivity contribution in [2.75, 3.05) is 18.6 Å². The molecule has 3 aromatic rings. The highest BCUT2D eigenvalue weighted by molar-refractivity contribution is 7.93. The Morgan fingerprint density at radius 2 is 1.73 bits per heavy atom. The van der Waals surface area contributed by atoms with Gasteiger partial charge in [-0.3, -0.25) is 4.79 Å². The highest BCUT2D eigenvalue weighted by Gasteiger charge is 2.35. The molecular formula is C22H18F6N4O4S. The Kier molecular flexibility index (Phi) is 7.67. The van der Waals surface area contributed by atoms with Crippen molar-refractivity contribution >= 4 is 21.3 Å². The van der Waals surface area contributed by atoms with Gasteiger partial charge in [-0.1, -0.05) is 6.07 Å². The third-order valence-corrected chi connectivity index (χ3v) is 6.58. The van der Waals surface area contributed by atoms with E-state index in [0.29, 0.717) is 6.07 Å². The summed E-state index contributed by atoms with van der Waals surface area (Å²) in [6, 6.07) is 9.11. The van der Waals surface area contributed by atoms with E-state index in [0.717, 1.165) is 18.2 Å². The van der Waals surface area contributed by atoms with Gasteiger partial charge in [0.2, 0.25) is 0 Å². The lowest BCUT2D eigenvalue weighted by Crippen LogP contribution is -2.18. The Morgan fingerprint density at radius 3 is 2.32 bits per heavy atom. The number of anilines is 1. The van der Waals surface area contributed by atoms with Crippen LogP contribution in [0.25, 0.3) is 0 Å². The van der Waals surface area contributed by atoms with Crippen LogP contribution in [-0.4, -0.2) is 40.0 Å². The van der Waals surface area contributed by atoms with Crippen LogP contribution in [0.2, 0.25) is 0 Å². The highest BCUT2D eigenvalue weighted by Crippen LogP contribution is 2.34. The molecule has 198 valence electrons. The zero-order valence-electron chi connectivity index (χ0n) is 19.3. The van der Waals surface area contributed by atoms with Crippen LogP contribution in [0.5, 0.6) is 17.4 Å². The molecule has 0 aliphatic heterocycles. The third kappa shape index (κ3) is 7.09. The maximum Gasteiger partial charge on any atom is 0.573 e. The molecule has 3 rings (SSSR count). The average molecular weight is 548 g/mol. The minimum Gasteiger partial charge on any atom is -0.437 e. The Labute approximate surface area is 206 Å². The fraction of sp³-hybridized carbons (Fsp3) is 0.227. The second-order valence-electron chi connectivity index (χ2n) is 7.49. The molecule has 37 heavy (non-hydrogen) atoms.